The number of hydrogen-bond acceptors (Lipinski definition) is 5. The zero-order chi connectivity index (χ0) is 30.8. The molecular formula is C32H32F5NO4S. The van der Waals surface area contributed by atoms with Crippen LogP contribution < -0.4 is 8.92 Å². The molecule has 1 atom stereocenters. The molecule has 230 valence electrons. The summed E-state index contributed by atoms with van der Waals surface area (Å²) in [5, 5.41) is 0. The zero-order valence-corrected chi connectivity index (χ0v) is 24.4. The molecule has 1 fully saturated rings. The van der Waals surface area contributed by atoms with Gasteiger partial charge in [0.15, 0.2) is 0 Å². The lowest BCUT2D eigenvalue weighted by molar-refractivity contribution is -0.0500. The maximum absolute atomic E-state index is 15.3. The first kappa shape index (κ1) is 31.0. The fraction of sp³-hybridized carbons (Fsp3) is 0.375. The number of fused-ring (bicyclic) bond motifs is 1. The van der Waals surface area contributed by atoms with Crippen molar-refractivity contribution in [3.63, 3.8) is 0 Å². The Balaban J connectivity index is 1.51. The molecule has 0 aromatic heterocycles. The van der Waals surface area contributed by atoms with Crippen LogP contribution in [-0.2, 0) is 16.5 Å². The highest BCUT2D eigenvalue weighted by Crippen LogP contribution is 2.42. The van der Waals surface area contributed by atoms with E-state index in [4.69, 9.17) is 4.74 Å². The molecule has 5 nitrogen and oxygen atoms in total. The molecule has 11 heteroatoms. The highest BCUT2D eigenvalue weighted by molar-refractivity contribution is 7.88. The minimum Gasteiger partial charge on any atom is -0.489 e. The van der Waals surface area contributed by atoms with Gasteiger partial charge in [0.05, 0.1) is 6.67 Å². The molecule has 0 saturated carbocycles. The van der Waals surface area contributed by atoms with E-state index < -0.39 is 21.4 Å². The van der Waals surface area contributed by atoms with Crippen LogP contribution in [0.5, 0.6) is 11.5 Å². The van der Waals surface area contributed by atoms with Crippen molar-refractivity contribution in [2.45, 2.75) is 50.6 Å². The van der Waals surface area contributed by atoms with Gasteiger partial charge in [0.1, 0.15) is 23.4 Å². The van der Waals surface area contributed by atoms with E-state index >= 15 is 4.39 Å². The van der Waals surface area contributed by atoms with Crippen LogP contribution in [0.3, 0.4) is 0 Å². The smallest absolute Gasteiger partial charge is 0.489 e. The van der Waals surface area contributed by atoms with Crippen molar-refractivity contribution in [2.75, 3.05) is 26.3 Å². The first-order valence-electron chi connectivity index (χ1n) is 14.1. The molecule has 1 heterocycles. The van der Waals surface area contributed by atoms with E-state index in [0.29, 0.717) is 66.8 Å². The Morgan fingerprint density at radius 3 is 2.37 bits per heavy atom. The van der Waals surface area contributed by atoms with Gasteiger partial charge in [0, 0.05) is 25.2 Å². The Bertz CT molecular complexity index is 1600. The predicted octanol–water partition coefficient (Wildman–Crippen LogP) is 7.47. The number of rotatable bonds is 9. The number of halogens is 5. The average molecular weight is 622 g/mol. The second-order valence-electron chi connectivity index (χ2n) is 10.9. The van der Waals surface area contributed by atoms with Crippen molar-refractivity contribution in [1.82, 2.24) is 4.90 Å². The number of allylic oxidation sites excluding steroid dienone is 1. The van der Waals surface area contributed by atoms with Crippen molar-refractivity contribution in [3.8, 4) is 11.5 Å². The first-order chi connectivity index (χ1) is 20.4. The summed E-state index contributed by atoms with van der Waals surface area (Å²) in [7, 11) is -5.83. The van der Waals surface area contributed by atoms with E-state index in [1.54, 1.807) is 13.0 Å². The van der Waals surface area contributed by atoms with Crippen molar-refractivity contribution in [3.05, 3.63) is 94.3 Å². The van der Waals surface area contributed by atoms with Crippen molar-refractivity contribution in [1.29, 1.82) is 0 Å². The highest BCUT2D eigenvalue weighted by atomic mass is 32.2. The molecule has 43 heavy (non-hydrogen) atoms. The molecule has 1 aliphatic carbocycles. The Morgan fingerprint density at radius 1 is 0.953 bits per heavy atom. The SMILES string of the molecule is Cc1ccc(C2=C(c3ccc(O[C@H]4CCN(CCCF)C4)cc3)c3ccc(OS(=O)(=O)C(F)(F)F)cc3CCC2)c(F)c1. The van der Waals surface area contributed by atoms with E-state index in [9.17, 15) is 26.0 Å². The van der Waals surface area contributed by atoms with Gasteiger partial charge in [-0.1, -0.05) is 30.3 Å². The summed E-state index contributed by atoms with van der Waals surface area (Å²) in [5.41, 5.74) is -0.945. The number of benzene rings is 3. The van der Waals surface area contributed by atoms with Gasteiger partial charge >= 0.3 is 15.6 Å². The van der Waals surface area contributed by atoms with Gasteiger partial charge in [0.2, 0.25) is 0 Å². The minimum atomic E-state index is -5.83. The molecule has 0 radical (unpaired) electrons. The first-order valence-corrected chi connectivity index (χ1v) is 15.5. The summed E-state index contributed by atoms with van der Waals surface area (Å²) in [6.45, 7) is 3.69. The second-order valence-corrected chi connectivity index (χ2v) is 12.4. The minimum absolute atomic E-state index is 0.0214. The molecule has 5 rings (SSSR count). The van der Waals surface area contributed by atoms with E-state index in [1.165, 1.54) is 24.3 Å². The number of aryl methyl sites for hydroxylation is 2. The zero-order valence-electron chi connectivity index (χ0n) is 23.6. The van der Waals surface area contributed by atoms with E-state index in [-0.39, 0.29) is 18.6 Å². The summed E-state index contributed by atoms with van der Waals surface area (Å²) >= 11 is 0. The van der Waals surface area contributed by atoms with Crippen molar-refractivity contribution >= 4 is 21.3 Å². The number of alkyl halides is 4. The van der Waals surface area contributed by atoms with Crippen LogP contribution in [-0.4, -0.2) is 51.2 Å². The topological polar surface area (TPSA) is 55.8 Å². The summed E-state index contributed by atoms with van der Waals surface area (Å²) in [5.74, 6) is -0.174. The molecule has 1 saturated heterocycles. The largest absolute Gasteiger partial charge is 0.534 e. The van der Waals surface area contributed by atoms with Crippen LogP contribution in [0, 0.1) is 12.7 Å². The summed E-state index contributed by atoms with van der Waals surface area (Å²) in [6, 6.07) is 16.4. The van der Waals surface area contributed by atoms with E-state index in [0.717, 1.165) is 29.7 Å². The molecule has 0 N–H and O–H groups in total. The molecule has 0 amide bonds. The third-order valence-corrected chi connectivity index (χ3v) is 8.72. The van der Waals surface area contributed by atoms with Crippen LogP contribution in [0.1, 0.15) is 53.5 Å². The van der Waals surface area contributed by atoms with Gasteiger partial charge in [0.25, 0.3) is 0 Å². The number of ether oxygens (including phenoxy) is 1. The number of hydrogen-bond donors (Lipinski definition) is 0. The van der Waals surface area contributed by atoms with Gasteiger partial charge in [-0.15, -0.1) is 0 Å². The monoisotopic (exact) mass is 621 g/mol. The van der Waals surface area contributed by atoms with Gasteiger partial charge < -0.3 is 8.92 Å². The van der Waals surface area contributed by atoms with Crippen molar-refractivity contribution < 1.29 is 39.3 Å². The fourth-order valence-corrected chi connectivity index (χ4v) is 6.18. The standard InChI is InChI=1S/C32H32F5NO4S/c1-21-6-12-28(30(34)18-21)29-5-2-4-23-19-25(42-43(39,40)32(35,36)37)11-13-27(23)31(29)22-7-9-24(10-8-22)41-26-14-17-38(20-26)16-3-15-33/h6-13,18-19,26H,2-5,14-17,20H2,1H3/t26-/m0/s1. The van der Waals surface area contributed by atoms with Crippen molar-refractivity contribution in [2.24, 2.45) is 0 Å². The molecule has 0 unspecified atom stereocenters. The lowest BCUT2D eigenvalue weighted by Crippen LogP contribution is -2.28. The van der Waals surface area contributed by atoms with Crippen LogP contribution in [0.4, 0.5) is 22.0 Å². The third-order valence-electron chi connectivity index (χ3n) is 7.74. The predicted molar refractivity (Wildman–Crippen MR) is 155 cm³/mol. The Hall–Kier alpha value is -3.44. The normalized spacial score (nSPS) is 18.0. The lowest BCUT2D eigenvalue weighted by atomic mass is 9.87. The Kier molecular flexibility index (Phi) is 9.12. The van der Waals surface area contributed by atoms with Gasteiger partial charge in [-0.25, -0.2) is 4.39 Å². The maximum Gasteiger partial charge on any atom is 0.534 e. The van der Waals surface area contributed by atoms with E-state index in [2.05, 4.69) is 9.08 Å². The summed E-state index contributed by atoms with van der Waals surface area (Å²) in [6.07, 6.45) is 2.76. The quantitative estimate of drug-likeness (QED) is 0.141. The summed E-state index contributed by atoms with van der Waals surface area (Å²) in [4.78, 5) is 2.17. The molecule has 0 spiro atoms. The molecule has 3 aromatic rings. The van der Waals surface area contributed by atoms with Gasteiger partial charge in [-0.3, -0.25) is 9.29 Å². The lowest BCUT2D eigenvalue weighted by Gasteiger charge is -2.19. The van der Waals surface area contributed by atoms with Gasteiger partial charge in [-0.2, -0.15) is 21.6 Å². The van der Waals surface area contributed by atoms with Crippen LogP contribution in [0.25, 0.3) is 11.1 Å². The average Bonchev–Trinajstić information content (AvgIpc) is 3.30. The van der Waals surface area contributed by atoms with Crippen LogP contribution >= 0.6 is 0 Å². The molecular weight excluding hydrogens is 589 g/mol. The molecule has 0 bridgehead atoms. The van der Waals surface area contributed by atoms with Gasteiger partial charge in [-0.05, 0) is 103 Å². The maximum atomic E-state index is 15.3. The second kappa shape index (κ2) is 12.7. The molecule has 2 aliphatic rings. The number of nitrogens with zero attached hydrogens (tertiary/aromatic N) is 1. The fourth-order valence-electron chi connectivity index (χ4n) is 5.73. The third kappa shape index (κ3) is 7.04. The Labute approximate surface area is 248 Å². The highest BCUT2D eigenvalue weighted by Gasteiger charge is 2.48. The molecule has 1 aliphatic heterocycles. The summed E-state index contributed by atoms with van der Waals surface area (Å²) < 4.78 is 101. The van der Waals surface area contributed by atoms with Crippen LogP contribution in [0.15, 0.2) is 60.7 Å². The molecule has 3 aromatic carbocycles. The Morgan fingerprint density at radius 2 is 1.67 bits per heavy atom. The van der Waals surface area contributed by atoms with Crippen LogP contribution in [0.2, 0.25) is 0 Å². The number of likely N-dealkylation sites (tertiary alicyclic amines) is 1. The van der Waals surface area contributed by atoms with E-state index in [1.807, 2.05) is 30.3 Å².